The second-order valence-corrected chi connectivity index (χ2v) is 2.96. The predicted molar refractivity (Wildman–Crippen MR) is 58.9 cm³/mol. The summed E-state index contributed by atoms with van der Waals surface area (Å²) in [5.41, 5.74) is 0.861. The molecule has 1 aromatic rings. The largest absolute Gasteiger partial charge is 0.301 e. The Morgan fingerprint density at radius 3 is 2.62 bits per heavy atom. The molecule has 0 aromatic heterocycles. The first-order valence-electron chi connectivity index (χ1n) is 4.66. The van der Waals surface area contributed by atoms with Gasteiger partial charge in [-0.3, -0.25) is 4.79 Å². The maximum absolute atomic E-state index is 11.4. The molecule has 0 saturated carbocycles. The molecular weight excluding hydrogens is 204 g/mol. The Labute approximate surface area is 93.4 Å². The van der Waals surface area contributed by atoms with Gasteiger partial charge in [0.05, 0.1) is 6.54 Å². The van der Waals surface area contributed by atoms with Gasteiger partial charge in [0.1, 0.15) is 6.29 Å². The summed E-state index contributed by atoms with van der Waals surface area (Å²) in [7, 11) is 0. The summed E-state index contributed by atoms with van der Waals surface area (Å²) in [6, 6.07) is 9.23. The van der Waals surface area contributed by atoms with Gasteiger partial charge in [-0.1, -0.05) is 30.3 Å². The van der Waals surface area contributed by atoms with Gasteiger partial charge < -0.3 is 4.79 Å². The van der Waals surface area contributed by atoms with Crippen LogP contribution in [0.1, 0.15) is 5.56 Å². The van der Waals surface area contributed by atoms with Gasteiger partial charge in [0.2, 0.25) is 0 Å². The number of rotatable bonds is 4. The molecule has 1 amide bonds. The van der Waals surface area contributed by atoms with E-state index in [1.807, 2.05) is 30.3 Å². The molecule has 4 nitrogen and oxygen atoms in total. The molecule has 0 aliphatic rings. The molecule has 0 aliphatic carbocycles. The van der Waals surface area contributed by atoms with Crippen LogP contribution < -0.4 is 0 Å². The molecule has 4 heteroatoms. The Morgan fingerprint density at radius 1 is 1.38 bits per heavy atom. The van der Waals surface area contributed by atoms with Crippen LogP contribution in [0.5, 0.6) is 0 Å². The van der Waals surface area contributed by atoms with Crippen LogP contribution in [0.2, 0.25) is 0 Å². The highest BCUT2D eigenvalue weighted by molar-refractivity contribution is 5.93. The minimum Gasteiger partial charge on any atom is -0.301 e. The standard InChI is InChI=1S/C12H10N2O2/c13-10-14(8-9-15)12(16)7-6-11-4-2-1-3-5-11/h1-7,9H,8H2. The van der Waals surface area contributed by atoms with Crippen LogP contribution >= 0.6 is 0 Å². The highest BCUT2D eigenvalue weighted by Crippen LogP contribution is 2.01. The SMILES string of the molecule is N#CN(CC=O)C(=O)C=Cc1ccccc1. The lowest BCUT2D eigenvalue weighted by atomic mass is 10.2. The van der Waals surface area contributed by atoms with Gasteiger partial charge in [0.25, 0.3) is 5.91 Å². The minimum atomic E-state index is -0.501. The molecule has 0 heterocycles. The molecule has 0 radical (unpaired) electrons. The molecule has 0 bridgehead atoms. The first kappa shape index (κ1) is 11.7. The van der Waals surface area contributed by atoms with E-state index in [2.05, 4.69) is 0 Å². The zero-order valence-corrected chi connectivity index (χ0v) is 8.54. The van der Waals surface area contributed by atoms with Gasteiger partial charge in [-0.2, -0.15) is 5.26 Å². The number of aldehydes is 1. The molecule has 1 rings (SSSR count). The highest BCUT2D eigenvalue weighted by atomic mass is 16.2. The zero-order chi connectivity index (χ0) is 11.8. The first-order chi connectivity index (χ1) is 7.77. The number of hydrogen-bond donors (Lipinski definition) is 0. The lowest BCUT2D eigenvalue weighted by Gasteiger charge is -2.05. The summed E-state index contributed by atoms with van der Waals surface area (Å²) >= 11 is 0. The van der Waals surface area contributed by atoms with Crippen LogP contribution in [0.25, 0.3) is 6.08 Å². The molecule has 0 saturated heterocycles. The molecular formula is C12H10N2O2. The molecule has 0 aliphatic heterocycles. The van der Waals surface area contributed by atoms with Crippen LogP contribution in [-0.2, 0) is 9.59 Å². The quantitative estimate of drug-likeness (QED) is 0.327. The second kappa shape index (κ2) is 6.14. The molecule has 0 spiro atoms. The van der Waals surface area contributed by atoms with E-state index in [9.17, 15) is 9.59 Å². The molecule has 1 aromatic carbocycles. The maximum atomic E-state index is 11.4. The van der Waals surface area contributed by atoms with Crippen LogP contribution in [0.15, 0.2) is 36.4 Å². The Bertz CT molecular complexity index is 432. The topological polar surface area (TPSA) is 61.2 Å². The van der Waals surface area contributed by atoms with Gasteiger partial charge in [-0.05, 0) is 11.6 Å². The van der Waals surface area contributed by atoms with E-state index < -0.39 is 5.91 Å². The first-order valence-corrected chi connectivity index (χ1v) is 4.66. The third kappa shape index (κ3) is 3.39. The summed E-state index contributed by atoms with van der Waals surface area (Å²) in [5.74, 6) is -0.501. The van der Waals surface area contributed by atoms with Crippen LogP contribution in [0.4, 0.5) is 0 Å². The fourth-order valence-corrected chi connectivity index (χ4v) is 1.08. The average Bonchev–Trinajstić information content (AvgIpc) is 2.34. The summed E-state index contributed by atoms with van der Waals surface area (Å²) < 4.78 is 0. The smallest absolute Gasteiger partial charge is 0.260 e. The summed E-state index contributed by atoms with van der Waals surface area (Å²) in [6.45, 7) is -0.214. The number of carbonyl (C=O) groups excluding carboxylic acids is 2. The summed E-state index contributed by atoms with van der Waals surface area (Å²) in [5, 5.41) is 8.59. The minimum absolute atomic E-state index is 0.214. The zero-order valence-electron chi connectivity index (χ0n) is 8.54. The molecule has 0 fully saturated rings. The Balaban J connectivity index is 2.67. The van der Waals surface area contributed by atoms with Crippen molar-refractivity contribution in [2.45, 2.75) is 0 Å². The Morgan fingerprint density at radius 2 is 2.06 bits per heavy atom. The number of nitriles is 1. The van der Waals surface area contributed by atoms with Crippen molar-refractivity contribution in [2.75, 3.05) is 6.54 Å². The molecule has 0 N–H and O–H groups in total. The van der Waals surface area contributed by atoms with E-state index >= 15 is 0 Å². The lowest BCUT2D eigenvalue weighted by molar-refractivity contribution is -0.125. The fraction of sp³-hybridized carbons (Fsp3) is 0.0833. The van der Waals surface area contributed by atoms with Gasteiger partial charge in [0.15, 0.2) is 6.19 Å². The van der Waals surface area contributed by atoms with Crippen molar-refractivity contribution in [3.8, 4) is 6.19 Å². The molecule has 16 heavy (non-hydrogen) atoms. The summed E-state index contributed by atoms with van der Waals surface area (Å²) in [6.07, 6.45) is 5.01. The predicted octanol–water partition coefficient (Wildman–Crippen LogP) is 1.21. The number of carbonyl (C=O) groups is 2. The second-order valence-electron chi connectivity index (χ2n) is 2.96. The third-order valence-corrected chi connectivity index (χ3v) is 1.86. The number of benzene rings is 1. The highest BCUT2D eigenvalue weighted by Gasteiger charge is 2.07. The van der Waals surface area contributed by atoms with Gasteiger partial charge in [0, 0.05) is 6.08 Å². The van der Waals surface area contributed by atoms with E-state index in [-0.39, 0.29) is 6.54 Å². The number of amides is 1. The number of hydrogen-bond acceptors (Lipinski definition) is 3. The van der Waals surface area contributed by atoms with Gasteiger partial charge >= 0.3 is 0 Å². The molecule has 0 unspecified atom stereocenters. The van der Waals surface area contributed by atoms with Gasteiger partial charge in [-0.25, -0.2) is 4.90 Å². The van der Waals surface area contributed by atoms with Crippen molar-refractivity contribution in [3.63, 3.8) is 0 Å². The lowest BCUT2D eigenvalue weighted by Crippen LogP contribution is -2.25. The van der Waals surface area contributed by atoms with Gasteiger partial charge in [-0.15, -0.1) is 0 Å². The maximum Gasteiger partial charge on any atom is 0.260 e. The monoisotopic (exact) mass is 214 g/mol. The third-order valence-electron chi connectivity index (χ3n) is 1.86. The van der Waals surface area contributed by atoms with Crippen LogP contribution in [0.3, 0.4) is 0 Å². The van der Waals surface area contributed by atoms with Crippen molar-refractivity contribution in [2.24, 2.45) is 0 Å². The fourth-order valence-electron chi connectivity index (χ4n) is 1.08. The Hall–Kier alpha value is -2.41. The molecule has 80 valence electrons. The van der Waals surface area contributed by atoms with E-state index in [0.29, 0.717) is 6.29 Å². The van der Waals surface area contributed by atoms with Crippen molar-refractivity contribution < 1.29 is 9.59 Å². The summed E-state index contributed by atoms with van der Waals surface area (Å²) in [4.78, 5) is 22.4. The van der Waals surface area contributed by atoms with E-state index in [1.165, 1.54) is 6.08 Å². The van der Waals surface area contributed by atoms with E-state index in [4.69, 9.17) is 5.26 Å². The van der Waals surface area contributed by atoms with E-state index in [1.54, 1.807) is 12.3 Å². The van der Waals surface area contributed by atoms with Crippen molar-refractivity contribution in [1.82, 2.24) is 4.90 Å². The van der Waals surface area contributed by atoms with Crippen molar-refractivity contribution >= 4 is 18.3 Å². The molecule has 0 atom stereocenters. The van der Waals surface area contributed by atoms with Crippen LogP contribution in [-0.4, -0.2) is 23.6 Å². The normalized spacial score (nSPS) is 9.69. The Kier molecular flexibility index (Phi) is 4.48. The number of nitrogens with zero attached hydrogens (tertiary/aromatic N) is 2. The van der Waals surface area contributed by atoms with Crippen molar-refractivity contribution in [1.29, 1.82) is 5.26 Å². The average molecular weight is 214 g/mol. The van der Waals surface area contributed by atoms with Crippen LogP contribution in [0, 0.1) is 11.5 Å². The van der Waals surface area contributed by atoms with E-state index in [0.717, 1.165) is 10.5 Å². The van der Waals surface area contributed by atoms with Crippen molar-refractivity contribution in [3.05, 3.63) is 42.0 Å².